The molecule has 0 unspecified atom stereocenters. The normalized spacial score (nSPS) is 14.3. The van der Waals surface area contributed by atoms with Crippen molar-refractivity contribution in [2.75, 3.05) is 23.7 Å². The second-order valence-electron chi connectivity index (χ2n) is 7.68. The van der Waals surface area contributed by atoms with Crippen molar-refractivity contribution in [3.05, 3.63) is 88.4 Å². The molecule has 0 spiro atoms. The first kappa shape index (κ1) is 20.5. The largest absolute Gasteiger partial charge is 0.355 e. The van der Waals surface area contributed by atoms with E-state index >= 15 is 0 Å². The zero-order chi connectivity index (χ0) is 20.9. The standard InChI is InChI=1S/C25H26ClN3O/c1-17-22(26)6-4-8-23(17)29-24-7-3-2-5-21(24)25(30)28-20-11-9-18(10-12-20)19-13-15-27-16-14-19/h2-12,19,27,29H,13-16H2,1H3,(H,28,30). The first-order valence-corrected chi connectivity index (χ1v) is 10.7. The van der Waals surface area contributed by atoms with Gasteiger partial charge in [0.05, 0.1) is 11.3 Å². The fraction of sp³-hybridized carbons (Fsp3) is 0.240. The lowest BCUT2D eigenvalue weighted by atomic mass is 9.90. The summed E-state index contributed by atoms with van der Waals surface area (Å²) in [6.07, 6.45) is 2.32. The van der Waals surface area contributed by atoms with Crippen LogP contribution in [0.4, 0.5) is 17.1 Å². The summed E-state index contributed by atoms with van der Waals surface area (Å²) in [5.41, 5.74) is 5.29. The lowest BCUT2D eigenvalue weighted by Gasteiger charge is -2.23. The van der Waals surface area contributed by atoms with Crippen molar-refractivity contribution >= 4 is 34.6 Å². The predicted octanol–water partition coefficient (Wildman–Crippen LogP) is 6.11. The monoisotopic (exact) mass is 419 g/mol. The lowest BCUT2D eigenvalue weighted by Crippen LogP contribution is -2.26. The highest BCUT2D eigenvalue weighted by Crippen LogP contribution is 2.29. The highest BCUT2D eigenvalue weighted by Gasteiger charge is 2.16. The Kier molecular flexibility index (Phi) is 6.36. The molecule has 0 bridgehead atoms. The predicted molar refractivity (Wildman–Crippen MR) is 125 cm³/mol. The van der Waals surface area contributed by atoms with Crippen LogP contribution in [0.3, 0.4) is 0 Å². The zero-order valence-electron chi connectivity index (χ0n) is 17.0. The van der Waals surface area contributed by atoms with Crippen LogP contribution in [0.2, 0.25) is 5.02 Å². The summed E-state index contributed by atoms with van der Waals surface area (Å²) >= 11 is 6.24. The van der Waals surface area contributed by atoms with Crippen molar-refractivity contribution in [3.8, 4) is 0 Å². The molecule has 3 aromatic rings. The van der Waals surface area contributed by atoms with Gasteiger partial charge in [0, 0.05) is 16.4 Å². The van der Waals surface area contributed by atoms with Crippen molar-refractivity contribution in [1.29, 1.82) is 0 Å². The van der Waals surface area contributed by atoms with Crippen LogP contribution in [0.5, 0.6) is 0 Å². The van der Waals surface area contributed by atoms with Crippen molar-refractivity contribution in [1.82, 2.24) is 5.32 Å². The summed E-state index contributed by atoms with van der Waals surface area (Å²) in [5.74, 6) is 0.453. The number of amides is 1. The first-order valence-electron chi connectivity index (χ1n) is 10.3. The summed E-state index contributed by atoms with van der Waals surface area (Å²) in [6.45, 7) is 4.09. The van der Waals surface area contributed by atoms with Gasteiger partial charge in [-0.25, -0.2) is 0 Å². The van der Waals surface area contributed by atoms with Crippen LogP contribution < -0.4 is 16.0 Å². The number of halogens is 1. The van der Waals surface area contributed by atoms with E-state index in [1.54, 1.807) is 0 Å². The van der Waals surface area contributed by atoms with Crippen LogP contribution in [-0.2, 0) is 0 Å². The van der Waals surface area contributed by atoms with Gasteiger partial charge in [0.15, 0.2) is 0 Å². The highest BCUT2D eigenvalue weighted by molar-refractivity contribution is 6.31. The van der Waals surface area contributed by atoms with E-state index in [0.29, 0.717) is 16.5 Å². The maximum Gasteiger partial charge on any atom is 0.257 e. The number of carbonyl (C=O) groups is 1. The van der Waals surface area contributed by atoms with Gasteiger partial charge in [0.2, 0.25) is 0 Å². The molecule has 30 heavy (non-hydrogen) atoms. The number of benzene rings is 3. The minimum atomic E-state index is -0.146. The number of para-hydroxylation sites is 1. The molecular weight excluding hydrogens is 394 g/mol. The molecule has 1 aliphatic heterocycles. The Morgan fingerprint density at radius 1 is 0.933 bits per heavy atom. The van der Waals surface area contributed by atoms with Crippen LogP contribution in [0.15, 0.2) is 66.7 Å². The Bertz CT molecular complexity index is 1030. The van der Waals surface area contributed by atoms with E-state index in [2.05, 4.69) is 28.1 Å². The van der Waals surface area contributed by atoms with Gasteiger partial charge in [-0.2, -0.15) is 0 Å². The topological polar surface area (TPSA) is 53.2 Å². The van der Waals surface area contributed by atoms with Gasteiger partial charge in [-0.15, -0.1) is 0 Å². The molecule has 0 aliphatic carbocycles. The fourth-order valence-electron chi connectivity index (χ4n) is 3.87. The van der Waals surface area contributed by atoms with Crippen LogP contribution in [0.1, 0.15) is 40.2 Å². The second kappa shape index (κ2) is 9.33. The Labute approximate surface area is 182 Å². The Morgan fingerprint density at radius 3 is 2.40 bits per heavy atom. The molecular formula is C25H26ClN3O. The second-order valence-corrected chi connectivity index (χ2v) is 8.09. The van der Waals surface area contributed by atoms with Crippen molar-refractivity contribution < 1.29 is 4.79 Å². The number of anilines is 3. The molecule has 4 nitrogen and oxygen atoms in total. The van der Waals surface area contributed by atoms with E-state index in [9.17, 15) is 4.79 Å². The van der Waals surface area contributed by atoms with E-state index in [-0.39, 0.29) is 5.91 Å². The van der Waals surface area contributed by atoms with Crippen molar-refractivity contribution in [2.24, 2.45) is 0 Å². The third kappa shape index (κ3) is 4.66. The summed E-state index contributed by atoms with van der Waals surface area (Å²) in [4.78, 5) is 13.0. The minimum absolute atomic E-state index is 0.146. The van der Waals surface area contributed by atoms with Gasteiger partial charge >= 0.3 is 0 Å². The van der Waals surface area contributed by atoms with Gasteiger partial charge in [-0.3, -0.25) is 4.79 Å². The maximum atomic E-state index is 13.0. The molecule has 0 radical (unpaired) electrons. The van der Waals surface area contributed by atoms with E-state index in [0.717, 1.165) is 48.6 Å². The molecule has 1 amide bonds. The van der Waals surface area contributed by atoms with Crippen LogP contribution >= 0.6 is 11.6 Å². The van der Waals surface area contributed by atoms with Gasteiger partial charge in [-0.05, 0) is 86.3 Å². The van der Waals surface area contributed by atoms with Gasteiger partial charge in [0.1, 0.15) is 0 Å². The molecule has 3 N–H and O–H groups in total. The van der Waals surface area contributed by atoms with Gasteiger partial charge in [0.25, 0.3) is 5.91 Å². The number of piperidine rings is 1. The van der Waals surface area contributed by atoms with Crippen LogP contribution in [0, 0.1) is 6.92 Å². The van der Waals surface area contributed by atoms with E-state index in [1.165, 1.54) is 5.56 Å². The average Bonchev–Trinajstić information content (AvgIpc) is 2.78. The molecule has 154 valence electrons. The number of hydrogen-bond donors (Lipinski definition) is 3. The maximum absolute atomic E-state index is 13.0. The molecule has 1 fully saturated rings. The van der Waals surface area contributed by atoms with Crippen molar-refractivity contribution in [3.63, 3.8) is 0 Å². The molecule has 0 atom stereocenters. The summed E-state index contributed by atoms with van der Waals surface area (Å²) in [7, 11) is 0. The molecule has 0 saturated carbocycles. The molecule has 0 aromatic heterocycles. The quantitative estimate of drug-likeness (QED) is 0.467. The summed E-state index contributed by atoms with van der Waals surface area (Å²) < 4.78 is 0. The fourth-order valence-corrected chi connectivity index (χ4v) is 4.04. The van der Waals surface area contributed by atoms with Gasteiger partial charge < -0.3 is 16.0 Å². The number of carbonyl (C=O) groups excluding carboxylic acids is 1. The third-order valence-corrected chi connectivity index (χ3v) is 6.10. The Hall–Kier alpha value is -2.82. The Morgan fingerprint density at radius 2 is 1.63 bits per heavy atom. The SMILES string of the molecule is Cc1c(Cl)cccc1Nc1ccccc1C(=O)Nc1ccc(C2CCNCC2)cc1. The van der Waals surface area contributed by atoms with Crippen LogP contribution in [0.25, 0.3) is 0 Å². The molecule has 3 aromatic carbocycles. The van der Waals surface area contributed by atoms with Crippen LogP contribution in [-0.4, -0.2) is 19.0 Å². The molecule has 4 rings (SSSR count). The minimum Gasteiger partial charge on any atom is -0.355 e. The number of hydrogen-bond acceptors (Lipinski definition) is 3. The molecule has 1 heterocycles. The summed E-state index contributed by atoms with van der Waals surface area (Å²) in [5, 5.41) is 10.5. The third-order valence-electron chi connectivity index (χ3n) is 5.69. The van der Waals surface area contributed by atoms with E-state index in [1.807, 2.05) is 61.5 Å². The van der Waals surface area contributed by atoms with E-state index in [4.69, 9.17) is 11.6 Å². The molecule has 5 heteroatoms. The number of rotatable bonds is 5. The summed E-state index contributed by atoms with van der Waals surface area (Å²) in [6, 6.07) is 21.4. The Balaban J connectivity index is 1.49. The lowest BCUT2D eigenvalue weighted by molar-refractivity contribution is 0.102. The first-order chi connectivity index (χ1) is 14.6. The van der Waals surface area contributed by atoms with Crippen molar-refractivity contribution in [2.45, 2.75) is 25.7 Å². The smallest absolute Gasteiger partial charge is 0.257 e. The van der Waals surface area contributed by atoms with Gasteiger partial charge in [-0.1, -0.05) is 41.9 Å². The highest BCUT2D eigenvalue weighted by atomic mass is 35.5. The average molecular weight is 420 g/mol. The number of nitrogens with one attached hydrogen (secondary N) is 3. The zero-order valence-corrected chi connectivity index (χ0v) is 17.8. The van der Waals surface area contributed by atoms with E-state index < -0.39 is 0 Å². The molecule has 1 saturated heterocycles. The molecule has 1 aliphatic rings.